The minimum Gasteiger partial charge on any atom is -0.304 e. The van der Waals surface area contributed by atoms with E-state index in [9.17, 15) is 4.79 Å². The fourth-order valence-corrected chi connectivity index (χ4v) is 4.64. The smallest absolute Gasteiger partial charge is 0.242 e. The van der Waals surface area contributed by atoms with Crippen LogP contribution in [0.5, 0.6) is 0 Å². The van der Waals surface area contributed by atoms with Gasteiger partial charge < -0.3 is 5.32 Å². The van der Waals surface area contributed by atoms with Gasteiger partial charge >= 0.3 is 0 Å². The van der Waals surface area contributed by atoms with Gasteiger partial charge in [0.2, 0.25) is 5.91 Å². The Morgan fingerprint density at radius 2 is 2.19 bits per heavy atom. The van der Waals surface area contributed by atoms with E-state index in [4.69, 9.17) is 4.99 Å². The van der Waals surface area contributed by atoms with Crippen molar-refractivity contribution in [1.29, 1.82) is 0 Å². The molecule has 0 aromatic carbocycles. The number of aliphatic imine (C=N–C) groups is 1. The second-order valence-electron chi connectivity index (χ2n) is 5.73. The number of nitrogens with one attached hydrogen (secondary N) is 1. The maximum Gasteiger partial charge on any atom is 0.242 e. The van der Waals surface area contributed by atoms with Gasteiger partial charge in [-0.2, -0.15) is 0 Å². The van der Waals surface area contributed by atoms with E-state index in [1.807, 2.05) is 0 Å². The SMILES string of the molecule is O=C1NC(=N[C@H]2C[C@H]3CC[C@H]2C3)SC12CC2. The highest BCUT2D eigenvalue weighted by Crippen LogP contribution is 2.53. The summed E-state index contributed by atoms with van der Waals surface area (Å²) in [5.41, 5.74) is 0. The zero-order valence-corrected chi connectivity index (χ0v) is 10.1. The van der Waals surface area contributed by atoms with Crippen molar-refractivity contribution < 1.29 is 4.79 Å². The highest BCUT2D eigenvalue weighted by molar-refractivity contribution is 8.16. The van der Waals surface area contributed by atoms with E-state index in [1.54, 1.807) is 11.8 Å². The minimum absolute atomic E-state index is 0.0869. The molecule has 0 aromatic heterocycles. The third-order valence-electron chi connectivity index (χ3n) is 4.61. The molecule has 3 saturated carbocycles. The van der Waals surface area contributed by atoms with Crippen LogP contribution in [0.15, 0.2) is 4.99 Å². The van der Waals surface area contributed by atoms with Crippen molar-refractivity contribution in [3.63, 3.8) is 0 Å². The molecule has 1 aliphatic heterocycles. The number of rotatable bonds is 1. The maximum atomic E-state index is 11.7. The molecule has 2 bridgehead atoms. The zero-order chi connectivity index (χ0) is 10.8. The molecule has 1 amide bonds. The van der Waals surface area contributed by atoms with E-state index in [-0.39, 0.29) is 10.7 Å². The summed E-state index contributed by atoms with van der Waals surface area (Å²) >= 11 is 1.69. The number of amidine groups is 1. The van der Waals surface area contributed by atoms with Crippen LogP contribution in [0, 0.1) is 11.8 Å². The maximum absolute atomic E-state index is 11.7. The summed E-state index contributed by atoms with van der Waals surface area (Å²) in [6.07, 6.45) is 7.49. The first-order valence-corrected chi connectivity index (χ1v) is 7.15. The molecule has 4 fully saturated rings. The molecular weight excluding hydrogens is 220 g/mol. The van der Waals surface area contributed by atoms with Crippen molar-refractivity contribution in [2.75, 3.05) is 0 Å². The van der Waals surface area contributed by atoms with E-state index in [1.165, 1.54) is 25.7 Å². The molecule has 4 heteroatoms. The van der Waals surface area contributed by atoms with Crippen LogP contribution in [0.1, 0.15) is 38.5 Å². The number of carbonyl (C=O) groups is 1. The highest BCUT2D eigenvalue weighted by atomic mass is 32.2. The Kier molecular flexibility index (Phi) is 1.80. The van der Waals surface area contributed by atoms with Crippen LogP contribution in [0.4, 0.5) is 0 Å². The fraction of sp³-hybridized carbons (Fsp3) is 0.833. The molecule has 3 atom stereocenters. The van der Waals surface area contributed by atoms with Gasteiger partial charge in [0, 0.05) is 0 Å². The largest absolute Gasteiger partial charge is 0.304 e. The number of thioether (sulfide) groups is 1. The summed E-state index contributed by atoms with van der Waals surface area (Å²) in [6, 6.07) is 0.510. The van der Waals surface area contributed by atoms with Gasteiger partial charge in [0.15, 0.2) is 5.17 Å². The van der Waals surface area contributed by atoms with Crippen molar-refractivity contribution in [2.45, 2.75) is 49.3 Å². The number of hydrogen-bond acceptors (Lipinski definition) is 3. The Morgan fingerprint density at radius 3 is 2.75 bits per heavy atom. The Balaban J connectivity index is 1.52. The third kappa shape index (κ3) is 1.28. The van der Waals surface area contributed by atoms with Crippen molar-refractivity contribution in [2.24, 2.45) is 16.8 Å². The van der Waals surface area contributed by atoms with E-state index in [2.05, 4.69) is 5.32 Å². The Bertz CT molecular complexity index is 388. The summed E-state index contributed by atoms with van der Waals surface area (Å²) in [5.74, 6) is 1.95. The second kappa shape index (κ2) is 3.03. The van der Waals surface area contributed by atoms with Crippen molar-refractivity contribution in [1.82, 2.24) is 5.32 Å². The van der Waals surface area contributed by atoms with Gasteiger partial charge in [-0.15, -0.1) is 0 Å². The Labute approximate surface area is 99.5 Å². The minimum atomic E-state index is -0.0869. The quantitative estimate of drug-likeness (QED) is 0.756. The molecule has 1 heterocycles. The van der Waals surface area contributed by atoms with Gasteiger partial charge in [0.25, 0.3) is 0 Å². The van der Waals surface area contributed by atoms with Crippen LogP contribution in [0.2, 0.25) is 0 Å². The van der Waals surface area contributed by atoms with Gasteiger partial charge in [-0.3, -0.25) is 9.79 Å². The van der Waals surface area contributed by atoms with Crippen LogP contribution >= 0.6 is 11.8 Å². The number of nitrogens with zero attached hydrogens (tertiary/aromatic N) is 1. The molecule has 3 aliphatic carbocycles. The number of amides is 1. The zero-order valence-electron chi connectivity index (χ0n) is 9.24. The molecule has 0 radical (unpaired) electrons. The molecule has 1 saturated heterocycles. The first kappa shape index (κ1) is 9.51. The fourth-order valence-electron chi connectivity index (χ4n) is 3.49. The summed E-state index contributed by atoms with van der Waals surface area (Å²) in [7, 11) is 0. The number of fused-ring (bicyclic) bond motifs is 2. The number of carbonyl (C=O) groups excluding carboxylic acids is 1. The van der Waals surface area contributed by atoms with Gasteiger partial charge in [0.1, 0.15) is 4.75 Å². The molecule has 16 heavy (non-hydrogen) atoms. The van der Waals surface area contributed by atoms with Crippen molar-refractivity contribution in [3.8, 4) is 0 Å². The lowest BCUT2D eigenvalue weighted by Crippen LogP contribution is -2.27. The van der Waals surface area contributed by atoms with Gasteiger partial charge in [-0.05, 0) is 43.9 Å². The summed E-state index contributed by atoms with van der Waals surface area (Å²) in [4.78, 5) is 16.5. The normalized spacial score (nSPS) is 45.6. The predicted octanol–water partition coefficient (Wildman–Crippen LogP) is 1.93. The van der Waals surface area contributed by atoms with Crippen molar-refractivity contribution >= 4 is 22.8 Å². The topological polar surface area (TPSA) is 41.5 Å². The van der Waals surface area contributed by atoms with Crippen LogP contribution in [-0.2, 0) is 4.79 Å². The molecule has 4 rings (SSSR count). The summed E-state index contributed by atoms with van der Waals surface area (Å²) in [6.45, 7) is 0. The van der Waals surface area contributed by atoms with Gasteiger partial charge in [-0.25, -0.2) is 0 Å². The Hall–Kier alpha value is -0.510. The summed E-state index contributed by atoms with van der Waals surface area (Å²) < 4.78 is -0.0869. The predicted molar refractivity (Wildman–Crippen MR) is 64.4 cm³/mol. The van der Waals surface area contributed by atoms with Gasteiger partial charge in [0.05, 0.1) is 6.04 Å². The molecule has 0 unspecified atom stereocenters. The molecule has 1 spiro atoms. The van der Waals surface area contributed by atoms with E-state index in [0.29, 0.717) is 6.04 Å². The van der Waals surface area contributed by atoms with E-state index in [0.717, 1.165) is 29.8 Å². The highest BCUT2D eigenvalue weighted by Gasteiger charge is 2.56. The average Bonchev–Trinajstić information content (AvgIpc) is 2.64. The van der Waals surface area contributed by atoms with Crippen molar-refractivity contribution in [3.05, 3.63) is 0 Å². The molecule has 0 aromatic rings. The molecule has 1 N–H and O–H groups in total. The van der Waals surface area contributed by atoms with Gasteiger partial charge in [-0.1, -0.05) is 18.2 Å². The second-order valence-corrected chi connectivity index (χ2v) is 7.10. The standard InChI is InChI=1S/C12H16N2OS/c15-10-12(3-4-12)16-11(14-10)13-9-6-7-1-2-8(9)5-7/h7-9H,1-6H2,(H,13,14,15)/t7-,8-,9-/m0/s1. The first-order chi connectivity index (χ1) is 7.75. The van der Waals surface area contributed by atoms with Crippen LogP contribution in [-0.4, -0.2) is 21.9 Å². The molecule has 3 nitrogen and oxygen atoms in total. The van der Waals surface area contributed by atoms with Crippen LogP contribution in [0.3, 0.4) is 0 Å². The lowest BCUT2D eigenvalue weighted by atomic mass is 9.96. The molecule has 86 valence electrons. The summed E-state index contributed by atoms with van der Waals surface area (Å²) in [5, 5.41) is 3.88. The van der Waals surface area contributed by atoms with Crippen LogP contribution in [0.25, 0.3) is 0 Å². The lowest BCUT2D eigenvalue weighted by molar-refractivity contribution is -0.119. The molecular formula is C12H16N2OS. The average molecular weight is 236 g/mol. The first-order valence-electron chi connectivity index (χ1n) is 6.33. The Morgan fingerprint density at radius 1 is 1.31 bits per heavy atom. The monoisotopic (exact) mass is 236 g/mol. The third-order valence-corrected chi connectivity index (χ3v) is 6.00. The van der Waals surface area contributed by atoms with E-state index < -0.39 is 0 Å². The van der Waals surface area contributed by atoms with E-state index >= 15 is 0 Å². The number of hydrogen-bond donors (Lipinski definition) is 1. The molecule has 4 aliphatic rings. The lowest BCUT2D eigenvalue weighted by Gasteiger charge is -2.17. The van der Waals surface area contributed by atoms with Crippen LogP contribution < -0.4 is 5.32 Å².